The third-order valence-electron chi connectivity index (χ3n) is 3.85. The van der Waals surface area contributed by atoms with Gasteiger partial charge in [0.2, 0.25) is 0 Å². The standard InChI is InChI=1S/C18H20N4O/c1-4-17-16(18(5-2)22(21-17)6-7-23)11-13-8-14(12-19)10-15(9-13)20-3/h8-10,23H,4-7,11H2,1-2H3. The SMILES string of the molecule is [C-]#[N+]c1cc(C#N)cc(Cc2c(CC)nn(CCO)c2CC)c1. The lowest BCUT2D eigenvalue weighted by Crippen LogP contribution is -2.08. The van der Waals surface area contributed by atoms with Crippen LogP contribution < -0.4 is 0 Å². The second kappa shape index (κ2) is 7.58. The first-order valence-electron chi connectivity index (χ1n) is 7.76. The van der Waals surface area contributed by atoms with Gasteiger partial charge in [-0.1, -0.05) is 25.5 Å². The van der Waals surface area contributed by atoms with Gasteiger partial charge in [0.1, 0.15) is 0 Å². The van der Waals surface area contributed by atoms with E-state index in [1.165, 1.54) is 0 Å². The maximum atomic E-state index is 9.21. The Kier molecular flexibility index (Phi) is 5.51. The van der Waals surface area contributed by atoms with E-state index < -0.39 is 0 Å². The minimum atomic E-state index is 0.0586. The molecule has 0 radical (unpaired) electrons. The van der Waals surface area contributed by atoms with Crippen LogP contribution in [-0.4, -0.2) is 21.5 Å². The highest BCUT2D eigenvalue weighted by atomic mass is 16.3. The van der Waals surface area contributed by atoms with Crippen LogP contribution in [0.1, 0.15) is 41.9 Å². The molecule has 2 aromatic rings. The van der Waals surface area contributed by atoms with Gasteiger partial charge < -0.3 is 5.11 Å². The van der Waals surface area contributed by atoms with Crippen molar-refractivity contribution in [2.45, 2.75) is 39.7 Å². The molecule has 0 saturated carbocycles. The average molecular weight is 308 g/mol. The number of nitrogens with zero attached hydrogens (tertiary/aromatic N) is 4. The summed E-state index contributed by atoms with van der Waals surface area (Å²) in [4.78, 5) is 3.45. The number of aryl methyl sites for hydroxylation is 1. The van der Waals surface area contributed by atoms with Crippen LogP contribution >= 0.6 is 0 Å². The molecule has 5 heteroatoms. The molecule has 0 bridgehead atoms. The van der Waals surface area contributed by atoms with Crippen molar-refractivity contribution in [1.29, 1.82) is 5.26 Å². The highest BCUT2D eigenvalue weighted by Gasteiger charge is 2.16. The first-order chi connectivity index (χ1) is 11.2. The average Bonchev–Trinajstić information content (AvgIpc) is 2.91. The van der Waals surface area contributed by atoms with Crippen LogP contribution in [0.5, 0.6) is 0 Å². The predicted molar refractivity (Wildman–Crippen MR) is 88.3 cm³/mol. The summed E-state index contributed by atoms with van der Waals surface area (Å²) >= 11 is 0. The summed E-state index contributed by atoms with van der Waals surface area (Å²) in [5, 5.41) is 22.9. The Bertz CT molecular complexity index is 745. The summed E-state index contributed by atoms with van der Waals surface area (Å²) in [6, 6.07) is 7.38. The van der Waals surface area contributed by atoms with E-state index in [0.717, 1.165) is 35.4 Å². The van der Waals surface area contributed by atoms with E-state index in [4.69, 9.17) is 11.8 Å². The van der Waals surface area contributed by atoms with E-state index in [1.54, 1.807) is 6.07 Å². The number of nitriles is 1. The minimum absolute atomic E-state index is 0.0586. The van der Waals surface area contributed by atoms with Crippen LogP contribution in [0, 0.1) is 17.9 Å². The van der Waals surface area contributed by atoms with Crippen molar-refractivity contribution in [3.8, 4) is 6.07 Å². The lowest BCUT2D eigenvalue weighted by atomic mass is 9.98. The van der Waals surface area contributed by atoms with Gasteiger partial charge in [0.05, 0.1) is 31.5 Å². The molecule has 0 atom stereocenters. The first-order valence-corrected chi connectivity index (χ1v) is 7.76. The van der Waals surface area contributed by atoms with Crippen molar-refractivity contribution in [1.82, 2.24) is 9.78 Å². The summed E-state index contributed by atoms with van der Waals surface area (Å²) in [6.07, 6.45) is 2.29. The van der Waals surface area contributed by atoms with Crippen molar-refractivity contribution >= 4 is 5.69 Å². The summed E-state index contributed by atoms with van der Waals surface area (Å²) in [5.74, 6) is 0. The molecule has 0 aliphatic heterocycles. The predicted octanol–water partition coefficient (Wildman–Crippen LogP) is 3.01. The Hall–Kier alpha value is -2.63. The third kappa shape index (κ3) is 3.59. The van der Waals surface area contributed by atoms with E-state index in [1.807, 2.05) is 16.8 Å². The first kappa shape index (κ1) is 16.7. The van der Waals surface area contributed by atoms with Crippen LogP contribution in [0.25, 0.3) is 4.85 Å². The van der Waals surface area contributed by atoms with Gasteiger partial charge in [0, 0.05) is 16.8 Å². The fourth-order valence-corrected chi connectivity index (χ4v) is 2.86. The van der Waals surface area contributed by atoms with Gasteiger partial charge in [-0.25, -0.2) is 4.85 Å². The smallest absolute Gasteiger partial charge is 0.188 e. The van der Waals surface area contributed by atoms with E-state index in [0.29, 0.717) is 24.2 Å². The molecule has 1 heterocycles. The summed E-state index contributed by atoms with van der Waals surface area (Å²) in [6.45, 7) is 11.9. The molecule has 0 aliphatic carbocycles. The van der Waals surface area contributed by atoms with Gasteiger partial charge in [-0.2, -0.15) is 10.4 Å². The summed E-state index contributed by atoms with van der Waals surface area (Å²) in [5.41, 5.74) is 5.22. The van der Waals surface area contributed by atoms with Gasteiger partial charge in [-0.3, -0.25) is 4.68 Å². The Morgan fingerprint density at radius 3 is 2.65 bits per heavy atom. The monoisotopic (exact) mass is 308 g/mol. The maximum absolute atomic E-state index is 9.21. The maximum Gasteiger partial charge on any atom is 0.188 e. The highest BCUT2D eigenvalue weighted by molar-refractivity contribution is 5.54. The second-order valence-corrected chi connectivity index (χ2v) is 5.31. The van der Waals surface area contributed by atoms with Gasteiger partial charge in [-0.15, -0.1) is 0 Å². The number of aliphatic hydroxyl groups is 1. The van der Waals surface area contributed by atoms with E-state index in [9.17, 15) is 5.11 Å². The number of aliphatic hydroxyl groups excluding tert-OH is 1. The zero-order chi connectivity index (χ0) is 16.8. The fourth-order valence-electron chi connectivity index (χ4n) is 2.86. The fraction of sp³-hybridized carbons (Fsp3) is 0.389. The van der Waals surface area contributed by atoms with Crippen LogP contribution in [0.2, 0.25) is 0 Å². The summed E-state index contributed by atoms with van der Waals surface area (Å²) in [7, 11) is 0. The van der Waals surface area contributed by atoms with Crippen LogP contribution in [0.3, 0.4) is 0 Å². The van der Waals surface area contributed by atoms with Gasteiger partial charge >= 0.3 is 0 Å². The minimum Gasteiger partial charge on any atom is -0.394 e. The van der Waals surface area contributed by atoms with Crippen molar-refractivity contribution in [2.75, 3.05) is 6.61 Å². The Balaban J connectivity index is 2.47. The Morgan fingerprint density at radius 1 is 1.30 bits per heavy atom. The van der Waals surface area contributed by atoms with Crippen molar-refractivity contribution in [3.05, 3.63) is 57.7 Å². The quantitative estimate of drug-likeness (QED) is 0.834. The topological polar surface area (TPSA) is 66.2 Å². The van der Waals surface area contributed by atoms with Gasteiger partial charge in [-0.05, 0) is 31.4 Å². The lowest BCUT2D eigenvalue weighted by Gasteiger charge is -2.08. The van der Waals surface area contributed by atoms with E-state index in [2.05, 4.69) is 29.9 Å². The number of hydrogen-bond acceptors (Lipinski definition) is 3. The molecule has 0 fully saturated rings. The van der Waals surface area contributed by atoms with Crippen LogP contribution in [0.15, 0.2) is 18.2 Å². The van der Waals surface area contributed by atoms with E-state index in [-0.39, 0.29) is 6.61 Å². The molecular weight excluding hydrogens is 288 g/mol. The molecule has 118 valence electrons. The van der Waals surface area contributed by atoms with Crippen molar-refractivity contribution < 1.29 is 5.11 Å². The molecule has 1 aromatic carbocycles. The second-order valence-electron chi connectivity index (χ2n) is 5.31. The van der Waals surface area contributed by atoms with Crippen molar-refractivity contribution in [2.24, 2.45) is 0 Å². The molecular formula is C18H20N4O. The Labute approximate surface area is 136 Å². The highest BCUT2D eigenvalue weighted by Crippen LogP contribution is 2.24. The third-order valence-corrected chi connectivity index (χ3v) is 3.85. The lowest BCUT2D eigenvalue weighted by molar-refractivity contribution is 0.267. The molecule has 0 aliphatic rings. The van der Waals surface area contributed by atoms with Crippen LogP contribution in [0.4, 0.5) is 5.69 Å². The van der Waals surface area contributed by atoms with Crippen molar-refractivity contribution in [3.63, 3.8) is 0 Å². The normalized spacial score (nSPS) is 10.3. The molecule has 0 saturated heterocycles. The number of hydrogen-bond donors (Lipinski definition) is 1. The molecule has 2 rings (SSSR count). The van der Waals surface area contributed by atoms with E-state index >= 15 is 0 Å². The molecule has 1 N–H and O–H groups in total. The molecule has 0 spiro atoms. The number of benzene rings is 1. The zero-order valence-electron chi connectivity index (χ0n) is 13.5. The molecule has 5 nitrogen and oxygen atoms in total. The van der Waals surface area contributed by atoms with Gasteiger partial charge in [0.15, 0.2) is 5.69 Å². The molecule has 1 aromatic heterocycles. The summed E-state index contributed by atoms with van der Waals surface area (Å²) < 4.78 is 1.87. The number of aromatic nitrogens is 2. The van der Waals surface area contributed by atoms with Gasteiger partial charge in [0.25, 0.3) is 0 Å². The largest absolute Gasteiger partial charge is 0.394 e. The van der Waals surface area contributed by atoms with Crippen LogP contribution in [-0.2, 0) is 25.8 Å². The number of rotatable bonds is 6. The Morgan fingerprint density at radius 2 is 2.09 bits per heavy atom. The molecule has 0 amide bonds. The molecule has 23 heavy (non-hydrogen) atoms. The zero-order valence-corrected chi connectivity index (χ0v) is 13.5. The molecule has 0 unspecified atom stereocenters.